The highest BCUT2D eigenvalue weighted by Gasteiger charge is 2.55. The number of rotatable bonds is 9. The van der Waals surface area contributed by atoms with Gasteiger partial charge in [-0.2, -0.15) is 24.9 Å². The number of amides is 1. The second kappa shape index (κ2) is 10.5. The topological polar surface area (TPSA) is 86.7 Å². The van der Waals surface area contributed by atoms with Crippen molar-refractivity contribution in [3.63, 3.8) is 0 Å². The maximum Gasteiger partial charge on any atom is 0.426 e. The van der Waals surface area contributed by atoms with Crippen molar-refractivity contribution in [2.75, 3.05) is 28.2 Å². The SMILES string of the molecule is CSCCCN(c1ccc(NC(=O)C(C)(O)C(F)(F)F)c(Cl)c1)S(=O)(=O)c1ccc(C)cc1. The number of carbonyl (C=O) groups excluding carboxylic acids is 1. The van der Waals surface area contributed by atoms with Crippen molar-refractivity contribution in [2.24, 2.45) is 0 Å². The predicted molar refractivity (Wildman–Crippen MR) is 125 cm³/mol. The summed E-state index contributed by atoms with van der Waals surface area (Å²) in [4.78, 5) is 12.0. The number of anilines is 2. The van der Waals surface area contributed by atoms with E-state index in [9.17, 15) is 31.5 Å². The van der Waals surface area contributed by atoms with Gasteiger partial charge in [0.25, 0.3) is 15.9 Å². The van der Waals surface area contributed by atoms with Gasteiger partial charge in [-0.05, 0) is 62.6 Å². The zero-order valence-electron chi connectivity index (χ0n) is 18.1. The minimum atomic E-state index is -5.19. The van der Waals surface area contributed by atoms with Crippen molar-refractivity contribution < 1.29 is 31.5 Å². The first-order valence-corrected chi connectivity index (χ1v) is 12.9. The van der Waals surface area contributed by atoms with Gasteiger partial charge < -0.3 is 10.4 Å². The highest BCUT2D eigenvalue weighted by Crippen LogP contribution is 2.34. The first kappa shape index (κ1) is 27.3. The summed E-state index contributed by atoms with van der Waals surface area (Å²) in [5.41, 5.74) is -2.76. The second-order valence-corrected chi connectivity index (χ2v) is 10.7. The maximum atomic E-state index is 13.3. The van der Waals surface area contributed by atoms with Crippen LogP contribution in [0, 0.1) is 6.92 Å². The van der Waals surface area contributed by atoms with E-state index in [4.69, 9.17) is 11.6 Å². The summed E-state index contributed by atoms with van der Waals surface area (Å²) < 4.78 is 66.5. The molecule has 0 aromatic heterocycles. The van der Waals surface area contributed by atoms with E-state index in [1.54, 1.807) is 23.9 Å². The van der Waals surface area contributed by atoms with Crippen LogP contribution in [0.1, 0.15) is 18.9 Å². The fraction of sp³-hybridized carbons (Fsp3) is 0.381. The lowest BCUT2D eigenvalue weighted by atomic mass is 10.1. The van der Waals surface area contributed by atoms with Gasteiger partial charge in [0.05, 0.1) is 21.3 Å². The van der Waals surface area contributed by atoms with Crippen molar-refractivity contribution in [2.45, 2.75) is 36.9 Å². The van der Waals surface area contributed by atoms with Crippen LogP contribution in [-0.4, -0.2) is 49.8 Å². The van der Waals surface area contributed by atoms with Crippen LogP contribution in [0.2, 0.25) is 5.02 Å². The lowest BCUT2D eigenvalue weighted by molar-refractivity contribution is -0.242. The Hall–Kier alpha value is -1.95. The molecule has 1 amide bonds. The second-order valence-electron chi connectivity index (χ2n) is 7.42. The van der Waals surface area contributed by atoms with E-state index in [2.05, 4.69) is 0 Å². The van der Waals surface area contributed by atoms with Crippen LogP contribution in [0.3, 0.4) is 0 Å². The van der Waals surface area contributed by atoms with Gasteiger partial charge in [0.15, 0.2) is 0 Å². The zero-order chi connectivity index (χ0) is 25.0. The summed E-state index contributed by atoms with van der Waals surface area (Å²) in [7, 11) is -3.96. The summed E-state index contributed by atoms with van der Waals surface area (Å²) in [5.74, 6) is -1.01. The van der Waals surface area contributed by atoms with Crippen LogP contribution in [0.15, 0.2) is 47.4 Å². The molecule has 182 valence electrons. The van der Waals surface area contributed by atoms with E-state index in [0.29, 0.717) is 19.1 Å². The van der Waals surface area contributed by atoms with Crippen molar-refractivity contribution in [1.29, 1.82) is 0 Å². The molecule has 0 fully saturated rings. The van der Waals surface area contributed by atoms with Crippen LogP contribution >= 0.6 is 23.4 Å². The smallest absolute Gasteiger partial charge is 0.373 e. The van der Waals surface area contributed by atoms with Crippen molar-refractivity contribution in [3.05, 3.63) is 53.1 Å². The van der Waals surface area contributed by atoms with Crippen molar-refractivity contribution in [1.82, 2.24) is 0 Å². The molecule has 2 N–H and O–H groups in total. The normalized spacial score (nSPS) is 13.9. The van der Waals surface area contributed by atoms with E-state index in [-0.39, 0.29) is 27.8 Å². The van der Waals surface area contributed by atoms with Gasteiger partial charge in [0.2, 0.25) is 5.60 Å². The largest absolute Gasteiger partial charge is 0.426 e. The van der Waals surface area contributed by atoms with E-state index in [1.807, 2.05) is 18.5 Å². The van der Waals surface area contributed by atoms with E-state index in [1.165, 1.54) is 30.3 Å². The fourth-order valence-electron chi connectivity index (χ4n) is 2.71. The molecule has 1 atom stereocenters. The van der Waals surface area contributed by atoms with E-state index in [0.717, 1.165) is 9.87 Å². The summed E-state index contributed by atoms with van der Waals surface area (Å²) in [6.45, 7) is 2.30. The van der Waals surface area contributed by atoms with Crippen LogP contribution in [-0.2, 0) is 14.8 Å². The average Bonchev–Trinajstić information content (AvgIpc) is 2.72. The molecule has 2 aromatic rings. The number of nitrogens with zero attached hydrogens (tertiary/aromatic N) is 1. The van der Waals surface area contributed by atoms with Crippen LogP contribution in [0.25, 0.3) is 0 Å². The van der Waals surface area contributed by atoms with Gasteiger partial charge >= 0.3 is 6.18 Å². The number of halogens is 4. The monoisotopic (exact) mass is 524 g/mol. The minimum Gasteiger partial charge on any atom is -0.373 e. The van der Waals surface area contributed by atoms with E-state index < -0.39 is 27.7 Å². The summed E-state index contributed by atoms with van der Waals surface area (Å²) in [6, 6.07) is 10.1. The molecule has 0 saturated heterocycles. The Morgan fingerprint density at radius 3 is 2.30 bits per heavy atom. The van der Waals surface area contributed by atoms with Gasteiger partial charge in [-0.3, -0.25) is 9.10 Å². The number of aryl methyl sites for hydroxylation is 1. The Bertz CT molecular complexity index is 1090. The Morgan fingerprint density at radius 1 is 1.18 bits per heavy atom. The molecule has 0 aliphatic rings. The number of alkyl halides is 3. The third kappa shape index (κ3) is 6.34. The molecule has 0 radical (unpaired) electrons. The molecular weight excluding hydrogens is 501 g/mol. The highest BCUT2D eigenvalue weighted by molar-refractivity contribution is 7.98. The van der Waals surface area contributed by atoms with Crippen molar-refractivity contribution in [3.8, 4) is 0 Å². The molecule has 12 heteroatoms. The molecule has 0 heterocycles. The van der Waals surface area contributed by atoms with Gasteiger partial charge in [-0.1, -0.05) is 29.3 Å². The number of nitrogens with one attached hydrogen (secondary N) is 1. The van der Waals surface area contributed by atoms with Crippen LogP contribution < -0.4 is 9.62 Å². The molecule has 6 nitrogen and oxygen atoms in total. The third-order valence-corrected chi connectivity index (χ3v) is 7.65. The quantitative estimate of drug-likeness (QED) is 0.458. The average molecular weight is 525 g/mol. The first-order chi connectivity index (χ1) is 15.2. The molecule has 1 unspecified atom stereocenters. The molecule has 33 heavy (non-hydrogen) atoms. The molecule has 0 aliphatic carbocycles. The van der Waals surface area contributed by atoms with Crippen LogP contribution in [0.4, 0.5) is 24.5 Å². The number of aliphatic hydroxyl groups is 1. The van der Waals surface area contributed by atoms with Gasteiger partial charge in [-0.25, -0.2) is 8.42 Å². The molecule has 0 aliphatic heterocycles. The van der Waals surface area contributed by atoms with Crippen LogP contribution in [0.5, 0.6) is 0 Å². The zero-order valence-corrected chi connectivity index (χ0v) is 20.5. The van der Waals surface area contributed by atoms with Crippen molar-refractivity contribution >= 4 is 50.7 Å². The minimum absolute atomic E-state index is 0.0759. The summed E-state index contributed by atoms with van der Waals surface area (Å²) >= 11 is 7.71. The molecular formula is C21H24ClF3N2O4S2. The number of hydrogen-bond acceptors (Lipinski definition) is 5. The Labute approximate surface area is 200 Å². The molecule has 2 aromatic carbocycles. The van der Waals surface area contributed by atoms with Gasteiger partial charge in [0.1, 0.15) is 0 Å². The lowest BCUT2D eigenvalue weighted by Crippen LogP contribution is -2.52. The number of benzene rings is 2. The fourth-order valence-corrected chi connectivity index (χ4v) is 4.85. The highest BCUT2D eigenvalue weighted by atomic mass is 35.5. The Kier molecular flexibility index (Phi) is 8.72. The lowest BCUT2D eigenvalue weighted by Gasteiger charge is -2.26. The number of hydrogen-bond donors (Lipinski definition) is 2. The summed E-state index contributed by atoms with van der Waals surface area (Å²) in [6.07, 6.45) is -2.76. The molecule has 0 bridgehead atoms. The third-order valence-electron chi connectivity index (χ3n) is 4.80. The maximum absolute atomic E-state index is 13.3. The molecule has 0 spiro atoms. The standard InChI is InChI=1S/C21H24ClF3N2O4S2/c1-14-5-8-16(9-6-14)33(30,31)27(11-4-12-32-3)15-7-10-18(17(22)13-15)26-19(28)20(2,29)21(23,24)25/h5-10,13,29H,4,11-12H2,1-3H3,(H,26,28). The molecule has 2 rings (SSSR count). The predicted octanol–water partition coefficient (Wildman–Crippen LogP) is 4.85. The summed E-state index contributed by atoms with van der Waals surface area (Å²) in [5, 5.41) is 11.3. The molecule has 0 saturated carbocycles. The van der Waals surface area contributed by atoms with Gasteiger partial charge in [-0.15, -0.1) is 0 Å². The number of carbonyl (C=O) groups is 1. The van der Waals surface area contributed by atoms with E-state index >= 15 is 0 Å². The Morgan fingerprint density at radius 2 is 1.79 bits per heavy atom. The first-order valence-electron chi connectivity index (χ1n) is 9.70. The number of thioether (sulfide) groups is 1. The Balaban J connectivity index is 2.40. The van der Waals surface area contributed by atoms with Gasteiger partial charge in [0, 0.05) is 6.54 Å². The number of sulfonamides is 1.